The second-order valence-corrected chi connectivity index (χ2v) is 4.55. The zero-order valence-corrected chi connectivity index (χ0v) is 11.4. The number of benzene rings is 1. The van der Waals surface area contributed by atoms with Gasteiger partial charge in [-0.15, -0.1) is 0 Å². The summed E-state index contributed by atoms with van der Waals surface area (Å²) in [4.78, 5) is 20.2. The van der Waals surface area contributed by atoms with Crippen molar-refractivity contribution < 1.29 is 4.79 Å². The normalized spacial score (nSPS) is 11.9. The molecule has 0 bridgehead atoms. The maximum Gasteiger partial charge on any atom is 0.241 e. The van der Waals surface area contributed by atoms with Gasteiger partial charge in [-0.2, -0.15) is 0 Å². The maximum absolute atomic E-state index is 11.8. The number of nitrogens with zero attached hydrogens (tertiary/aromatic N) is 2. The Kier molecular flexibility index (Phi) is 4.79. The largest absolute Gasteiger partial charge is 0.322 e. The van der Waals surface area contributed by atoms with Gasteiger partial charge in [0.15, 0.2) is 5.82 Å². The van der Waals surface area contributed by atoms with Crippen LogP contribution in [0.4, 0.5) is 5.69 Å². The van der Waals surface area contributed by atoms with Crippen LogP contribution in [0.15, 0.2) is 42.7 Å². The number of hydrogen-bond donors (Lipinski definition) is 2. The van der Waals surface area contributed by atoms with Crippen molar-refractivity contribution in [2.75, 3.05) is 5.32 Å². The first kappa shape index (κ1) is 14.1. The van der Waals surface area contributed by atoms with Crippen LogP contribution in [0, 0.1) is 0 Å². The van der Waals surface area contributed by atoms with E-state index in [1.165, 1.54) is 0 Å². The molecule has 0 radical (unpaired) electrons. The Balaban J connectivity index is 2.04. The molecule has 5 heteroatoms. The van der Waals surface area contributed by atoms with E-state index in [0.717, 1.165) is 12.0 Å². The molecule has 0 fully saturated rings. The number of carbonyl (C=O) groups is 1. The summed E-state index contributed by atoms with van der Waals surface area (Å²) < 4.78 is 0. The molecule has 0 spiro atoms. The molecule has 0 saturated heterocycles. The van der Waals surface area contributed by atoms with Crippen LogP contribution < -0.4 is 11.1 Å². The van der Waals surface area contributed by atoms with E-state index < -0.39 is 6.04 Å². The van der Waals surface area contributed by atoms with Crippen LogP contribution in [0.2, 0.25) is 0 Å². The Hall–Kier alpha value is -2.27. The zero-order valence-electron chi connectivity index (χ0n) is 11.4. The SMILES string of the molecule is CCC[C@H](N)C(=O)Nc1cnc(-c2ccccc2)nc1. The van der Waals surface area contributed by atoms with Gasteiger partial charge in [0.1, 0.15) is 0 Å². The lowest BCUT2D eigenvalue weighted by molar-refractivity contribution is -0.117. The van der Waals surface area contributed by atoms with Gasteiger partial charge in [-0.3, -0.25) is 4.79 Å². The van der Waals surface area contributed by atoms with Crippen LogP contribution in [0.25, 0.3) is 11.4 Å². The third kappa shape index (κ3) is 3.61. The van der Waals surface area contributed by atoms with Crippen molar-refractivity contribution in [3.8, 4) is 11.4 Å². The molecule has 1 amide bonds. The number of aromatic nitrogens is 2. The van der Waals surface area contributed by atoms with E-state index in [0.29, 0.717) is 17.9 Å². The van der Waals surface area contributed by atoms with E-state index in [4.69, 9.17) is 5.73 Å². The third-order valence-electron chi connectivity index (χ3n) is 2.89. The van der Waals surface area contributed by atoms with Gasteiger partial charge in [0.05, 0.1) is 24.1 Å². The molecule has 0 aliphatic rings. The average molecular weight is 270 g/mol. The predicted molar refractivity (Wildman–Crippen MR) is 79.0 cm³/mol. The minimum atomic E-state index is -0.492. The lowest BCUT2D eigenvalue weighted by atomic mass is 10.1. The molecule has 5 nitrogen and oxygen atoms in total. The number of anilines is 1. The molecule has 0 aliphatic heterocycles. The minimum Gasteiger partial charge on any atom is -0.322 e. The number of carbonyl (C=O) groups excluding carboxylic acids is 1. The number of rotatable bonds is 5. The molecule has 20 heavy (non-hydrogen) atoms. The van der Waals surface area contributed by atoms with E-state index >= 15 is 0 Å². The molecule has 1 aromatic heterocycles. The summed E-state index contributed by atoms with van der Waals surface area (Å²) in [5, 5.41) is 2.72. The van der Waals surface area contributed by atoms with Crippen molar-refractivity contribution in [2.24, 2.45) is 5.73 Å². The van der Waals surface area contributed by atoms with Crippen LogP contribution in [-0.2, 0) is 4.79 Å². The van der Waals surface area contributed by atoms with Crippen LogP contribution in [0.3, 0.4) is 0 Å². The van der Waals surface area contributed by atoms with E-state index in [1.807, 2.05) is 37.3 Å². The second kappa shape index (κ2) is 6.77. The molecule has 0 aliphatic carbocycles. The molecule has 1 aromatic carbocycles. The van der Waals surface area contributed by atoms with Gasteiger partial charge in [0.2, 0.25) is 5.91 Å². The Morgan fingerprint density at radius 3 is 2.50 bits per heavy atom. The fourth-order valence-electron chi connectivity index (χ4n) is 1.81. The minimum absolute atomic E-state index is 0.206. The van der Waals surface area contributed by atoms with Crippen molar-refractivity contribution in [3.05, 3.63) is 42.7 Å². The van der Waals surface area contributed by atoms with Crippen LogP contribution in [-0.4, -0.2) is 21.9 Å². The lowest BCUT2D eigenvalue weighted by Crippen LogP contribution is -2.35. The molecule has 2 rings (SSSR count). The zero-order chi connectivity index (χ0) is 14.4. The number of nitrogens with one attached hydrogen (secondary N) is 1. The van der Waals surface area contributed by atoms with Crippen LogP contribution in [0.1, 0.15) is 19.8 Å². The quantitative estimate of drug-likeness (QED) is 0.872. The van der Waals surface area contributed by atoms with E-state index in [9.17, 15) is 4.79 Å². The summed E-state index contributed by atoms with van der Waals surface area (Å²) in [6, 6.07) is 9.17. The van der Waals surface area contributed by atoms with Crippen molar-refractivity contribution in [3.63, 3.8) is 0 Å². The molecule has 1 heterocycles. The first-order valence-corrected chi connectivity index (χ1v) is 6.64. The van der Waals surface area contributed by atoms with Gasteiger partial charge in [-0.1, -0.05) is 43.7 Å². The van der Waals surface area contributed by atoms with Gasteiger partial charge in [0.25, 0.3) is 0 Å². The molecule has 0 unspecified atom stereocenters. The standard InChI is InChI=1S/C15H18N4O/c1-2-6-13(16)15(20)19-12-9-17-14(18-10-12)11-7-4-3-5-8-11/h3-5,7-10,13H,2,6,16H2,1H3,(H,19,20)/t13-/m0/s1. The fourth-order valence-corrected chi connectivity index (χ4v) is 1.81. The summed E-state index contributed by atoms with van der Waals surface area (Å²) in [5.41, 5.74) is 7.24. The van der Waals surface area contributed by atoms with Crippen molar-refractivity contribution in [1.82, 2.24) is 9.97 Å². The second-order valence-electron chi connectivity index (χ2n) is 4.55. The number of hydrogen-bond acceptors (Lipinski definition) is 4. The van der Waals surface area contributed by atoms with E-state index in [2.05, 4.69) is 15.3 Å². The van der Waals surface area contributed by atoms with Crippen molar-refractivity contribution in [1.29, 1.82) is 0 Å². The highest BCUT2D eigenvalue weighted by atomic mass is 16.2. The van der Waals surface area contributed by atoms with Gasteiger partial charge in [-0.05, 0) is 6.42 Å². The highest BCUT2D eigenvalue weighted by Gasteiger charge is 2.12. The average Bonchev–Trinajstić information content (AvgIpc) is 2.49. The van der Waals surface area contributed by atoms with E-state index in [-0.39, 0.29) is 5.91 Å². The summed E-state index contributed by atoms with van der Waals surface area (Å²) in [7, 11) is 0. The van der Waals surface area contributed by atoms with Gasteiger partial charge in [-0.25, -0.2) is 9.97 Å². The molecule has 3 N–H and O–H groups in total. The highest BCUT2D eigenvalue weighted by molar-refractivity contribution is 5.94. The number of amides is 1. The van der Waals surface area contributed by atoms with Crippen molar-refractivity contribution in [2.45, 2.75) is 25.8 Å². The molecule has 1 atom stereocenters. The molecular weight excluding hydrogens is 252 g/mol. The first-order chi connectivity index (χ1) is 9.70. The van der Waals surface area contributed by atoms with Gasteiger partial charge >= 0.3 is 0 Å². The Morgan fingerprint density at radius 1 is 1.25 bits per heavy atom. The first-order valence-electron chi connectivity index (χ1n) is 6.64. The molecule has 104 valence electrons. The smallest absolute Gasteiger partial charge is 0.241 e. The van der Waals surface area contributed by atoms with Crippen LogP contribution >= 0.6 is 0 Å². The molecular formula is C15H18N4O. The monoisotopic (exact) mass is 270 g/mol. The topological polar surface area (TPSA) is 80.9 Å². The summed E-state index contributed by atoms with van der Waals surface area (Å²) >= 11 is 0. The Morgan fingerprint density at radius 2 is 1.90 bits per heavy atom. The summed E-state index contributed by atoms with van der Waals surface area (Å²) in [6.07, 6.45) is 4.71. The van der Waals surface area contributed by atoms with Gasteiger partial charge in [0, 0.05) is 5.56 Å². The lowest BCUT2D eigenvalue weighted by Gasteiger charge is -2.10. The molecule has 2 aromatic rings. The number of nitrogens with two attached hydrogens (primary N) is 1. The fraction of sp³-hybridized carbons (Fsp3) is 0.267. The van der Waals surface area contributed by atoms with Gasteiger partial charge < -0.3 is 11.1 Å². The summed E-state index contributed by atoms with van der Waals surface area (Å²) in [6.45, 7) is 1.99. The third-order valence-corrected chi connectivity index (χ3v) is 2.89. The van der Waals surface area contributed by atoms with Crippen LogP contribution in [0.5, 0.6) is 0 Å². The Labute approximate surface area is 118 Å². The van der Waals surface area contributed by atoms with E-state index in [1.54, 1.807) is 12.4 Å². The maximum atomic E-state index is 11.8. The Bertz CT molecular complexity index is 554. The van der Waals surface area contributed by atoms with Crippen molar-refractivity contribution >= 4 is 11.6 Å². The summed E-state index contributed by atoms with van der Waals surface area (Å²) in [5.74, 6) is 0.421. The predicted octanol–water partition coefficient (Wildman–Crippen LogP) is 2.21. The highest BCUT2D eigenvalue weighted by Crippen LogP contribution is 2.14. The molecule has 0 saturated carbocycles.